The molecule has 0 aliphatic carbocycles. The molecule has 2 N–H and O–H groups in total. The van der Waals surface area contributed by atoms with E-state index in [4.69, 9.17) is 4.74 Å². The lowest BCUT2D eigenvalue weighted by atomic mass is 10.1. The summed E-state index contributed by atoms with van der Waals surface area (Å²) in [4.78, 5) is 11.7. The summed E-state index contributed by atoms with van der Waals surface area (Å²) < 4.78 is 5.67. The van der Waals surface area contributed by atoms with Crippen LogP contribution < -0.4 is 15.4 Å². The molecule has 4 nitrogen and oxygen atoms in total. The van der Waals surface area contributed by atoms with Crippen molar-refractivity contribution in [3.05, 3.63) is 29.3 Å². The van der Waals surface area contributed by atoms with Crippen LogP contribution in [0.5, 0.6) is 5.75 Å². The van der Waals surface area contributed by atoms with Gasteiger partial charge in [0.2, 0.25) is 5.91 Å². The highest BCUT2D eigenvalue weighted by molar-refractivity contribution is 5.85. The lowest BCUT2D eigenvalue weighted by molar-refractivity contribution is -0.121. The number of carbonyl (C=O) groups is 1. The predicted molar refractivity (Wildman–Crippen MR) is 89.4 cm³/mol. The third-order valence-electron chi connectivity index (χ3n) is 3.09. The largest absolute Gasteiger partial charge is 0.493 e. The van der Waals surface area contributed by atoms with E-state index >= 15 is 0 Å². The monoisotopic (exact) mass is 314 g/mol. The van der Waals surface area contributed by atoms with Crippen LogP contribution in [0.15, 0.2) is 18.2 Å². The second-order valence-electron chi connectivity index (χ2n) is 5.13. The number of rotatable bonds is 8. The van der Waals surface area contributed by atoms with Crippen LogP contribution in [0.4, 0.5) is 0 Å². The Morgan fingerprint density at radius 1 is 1.33 bits per heavy atom. The Morgan fingerprint density at radius 2 is 2.05 bits per heavy atom. The minimum atomic E-state index is 0. The molecule has 1 atom stereocenters. The summed E-state index contributed by atoms with van der Waals surface area (Å²) in [6, 6.07) is 6.38. The number of amides is 1. The number of benzene rings is 1. The number of halogens is 1. The van der Waals surface area contributed by atoms with Gasteiger partial charge < -0.3 is 15.4 Å². The first kappa shape index (κ1) is 19.7. The Labute approximate surface area is 134 Å². The summed E-state index contributed by atoms with van der Waals surface area (Å²) in [5.41, 5.74) is 2.26. The van der Waals surface area contributed by atoms with Crippen LogP contribution in [0.3, 0.4) is 0 Å². The molecule has 0 saturated heterocycles. The Kier molecular flexibility index (Phi) is 9.84. The van der Waals surface area contributed by atoms with E-state index in [1.54, 1.807) is 0 Å². The quantitative estimate of drug-likeness (QED) is 0.775. The third-order valence-corrected chi connectivity index (χ3v) is 3.09. The molecule has 0 aliphatic heterocycles. The topological polar surface area (TPSA) is 50.4 Å². The molecule has 1 aromatic carbocycles. The van der Waals surface area contributed by atoms with Crippen molar-refractivity contribution in [1.29, 1.82) is 0 Å². The number of hydrogen-bond acceptors (Lipinski definition) is 3. The zero-order chi connectivity index (χ0) is 15.0. The van der Waals surface area contributed by atoms with Crippen molar-refractivity contribution >= 4 is 18.3 Å². The zero-order valence-electron chi connectivity index (χ0n) is 13.4. The molecule has 0 bridgehead atoms. The van der Waals surface area contributed by atoms with Crippen LogP contribution in [0.1, 0.15) is 31.4 Å². The summed E-state index contributed by atoms with van der Waals surface area (Å²) in [6.07, 6.45) is 0.381. The van der Waals surface area contributed by atoms with Gasteiger partial charge in [-0.2, -0.15) is 0 Å². The van der Waals surface area contributed by atoms with Gasteiger partial charge in [-0.1, -0.05) is 19.1 Å². The predicted octanol–water partition coefficient (Wildman–Crippen LogP) is 2.61. The van der Waals surface area contributed by atoms with Crippen LogP contribution in [0.25, 0.3) is 0 Å². The van der Waals surface area contributed by atoms with Gasteiger partial charge in [0.05, 0.1) is 13.0 Å². The average molecular weight is 315 g/mol. The molecule has 0 aromatic heterocycles. The van der Waals surface area contributed by atoms with E-state index in [1.807, 2.05) is 26.0 Å². The zero-order valence-corrected chi connectivity index (χ0v) is 14.2. The van der Waals surface area contributed by atoms with Crippen LogP contribution in [-0.2, 0) is 4.79 Å². The minimum absolute atomic E-state index is 0. The Hall–Kier alpha value is -1.26. The smallest absolute Gasteiger partial charge is 0.223 e. The number of likely N-dealkylation sites (N-methyl/N-ethyl adjacent to an activating group) is 1. The van der Waals surface area contributed by atoms with Crippen LogP contribution in [-0.4, -0.2) is 31.6 Å². The van der Waals surface area contributed by atoms with E-state index < -0.39 is 0 Å². The Morgan fingerprint density at radius 3 is 2.71 bits per heavy atom. The first-order valence-corrected chi connectivity index (χ1v) is 7.23. The van der Waals surface area contributed by atoms with Crippen molar-refractivity contribution in [2.75, 3.05) is 19.7 Å². The van der Waals surface area contributed by atoms with E-state index in [0.29, 0.717) is 25.6 Å². The molecule has 1 amide bonds. The second kappa shape index (κ2) is 10.5. The third kappa shape index (κ3) is 7.93. The molecule has 0 fully saturated rings. The van der Waals surface area contributed by atoms with E-state index in [-0.39, 0.29) is 18.3 Å². The molecule has 120 valence electrons. The van der Waals surface area contributed by atoms with Gasteiger partial charge in [0.25, 0.3) is 0 Å². The van der Waals surface area contributed by atoms with E-state index in [1.165, 1.54) is 0 Å². The fourth-order valence-corrected chi connectivity index (χ4v) is 1.89. The van der Waals surface area contributed by atoms with Gasteiger partial charge in [-0.05, 0) is 44.5 Å². The van der Waals surface area contributed by atoms with Gasteiger partial charge in [-0.3, -0.25) is 4.79 Å². The van der Waals surface area contributed by atoms with Gasteiger partial charge in [0.15, 0.2) is 0 Å². The molecule has 0 aliphatic rings. The molecule has 0 radical (unpaired) electrons. The number of nitrogens with one attached hydrogen (secondary N) is 2. The minimum Gasteiger partial charge on any atom is -0.493 e. The highest BCUT2D eigenvalue weighted by Gasteiger charge is 2.06. The van der Waals surface area contributed by atoms with Crippen molar-refractivity contribution in [1.82, 2.24) is 10.6 Å². The van der Waals surface area contributed by atoms with Crippen molar-refractivity contribution in [2.24, 2.45) is 0 Å². The van der Waals surface area contributed by atoms with Gasteiger partial charge in [-0.15, -0.1) is 12.4 Å². The molecule has 1 aromatic rings. The first-order chi connectivity index (χ1) is 9.52. The standard InChI is InChI=1S/C16H26N2O2.ClH/c1-5-17-14(4)11-18-16(19)8-9-20-15-10-12(2)6-7-13(15)3;/h6-7,10,14,17H,5,8-9,11H2,1-4H3,(H,18,19);1H/t14-;/m1./s1. The van der Waals surface area contributed by atoms with Crippen molar-refractivity contribution in [3.63, 3.8) is 0 Å². The molecular weight excluding hydrogens is 288 g/mol. The van der Waals surface area contributed by atoms with Crippen molar-refractivity contribution in [2.45, 2.75) is 40.2 Å². The van der Waals surface area contributed by atoms with Gasteiger partial charge >= 0.3 is 0 Å². The Balaban J connectivity index is 0.00000400. The molecular formula is C16H27ClN2O2. The summed E-state index contributed by atoms with van der Waals surface area (Å²) in [5.74, 6) is 0.888. The van der Waals surface area contributed by atoms with Crippen molar-refractivity contribution < 1.29 is 9.53 Å². The van der Waals surface area contributed by atoms with Crippen LogP contribution in [0.2, 0.25) is 0 Å². The SMILES string of the molecule is CCN[C@H](C)CNC(=O)CCOc1cc(C)ccc1C.Cl. The molecule has 5 heteroatoms. The van der Waals surface area contributed by atoms with E-state index in [9.17, 15) is 4.79 Å². The molecule has 0 unspecified atom stereocenters. The maximum Gasteiger partial charge on any atom is 0.223 e. The van der Waals surface area contributed by atoms with Crippen molar-refractivity contribution in [3.8, 4) is 5.75 Å². The highest BCUT2D eigenvalue weighted by Crippen LogP contribution is 2.19. The lowest BCUT2D eigenvalue weighted by Gasteiger charge is -2.14. The maximum atomic E-state index is 11.7. The first-order valence-electron chi connectivity index (χ1n) is 7.23. The number of aryl methyl sites for hydroxylation is 2. The normalized spacial score (nSPS) is 11.4. The van der Waals surface area contributed by atoms with Gasteiger partial charge in [-0.25, -0.2) is 0 Å². The fourth-order valence-electron chi connectivity index (χ4n) is 1.89. The van der Waals surface area contributed by atoms with Gasteiger partial charge in [0.1, 0.15) is 5.75 Å². The average Bonchev–Trinajstić information content (AvgIpc) is 2.41. The number of hydrogen-bond donors (Lipinski definition) is 2. The summed E-state index contributed by atoms with van der Waals surface area (Å²) >= 11 is 0. The highest BCUT2D eigenvalue weighted by atomic mass is 35.5. The second-order valence-corrected chi connectivity index (χ2v) is 5.13. The summed E-state index contributed by atoms with van der Waals surface area (Å²) in [7, 11) is 0. The van der Waals surface area contributed by atoms with Gasteiger partial charge in [0, 0.05) is 12.6 Å². The number of carbonyl (C=O) groups excluding carboxylic acids is 1. The van der Waals surface area contributed by atoms with Crippen LogP contribution in [0, 0.1) is 13.8 Å². The molecule has 0 spiro atoms. The molecule has 21 heavy (non-hydrogen) atoms. The maximum absolute atomic E-state index is 11.7. The molecule has 0 heterocycles. The van der Waals surface area contributed by atoms with E-state index in [0.717, 1.165) is 23.4 Å². The lowest BCUT2D eigenvalue weighted by Crippen LogP contribution is -2.39. The Bertz CT molecular complexity index is 438. The molecule has 1 rings (SSSR count). The molecule has 0 saturated carbocycles. The van der Waals surface area contributed by atoms with E-state index in [2.05, 4.69) is 30.5 Å². The summed E-state index contributed by atoms with van der Waals surface area (Å²) in [6.45, 7) is 10.1. The van der Waals surface area contributed by atoms with Crippen LogP contribution >= 0.6 is 12.4 Å². The fraction of sp³-hybridized carbons (Fsp3) is 0.562. The number of ether oxygens (including phenoxy) is 1. The summed E-state index contributed by atoms with van der Waals surface area (Å²) in [5, 5.41) is 6.15.